The first kappa shape index (κ1) is 29.0. The third-order valence-electron chi connectivity index (χ3n) is 9.89. The van der Waals surface area contributed by atoms with E-state index >= 15 is 0 Å². The molecule has 0 radical (unpaired) electrons. The molecule has 1 aliphatic carbocycles. The molecule has 5 aromatic rings. The number of H-pyrrole nitrogens is 1. The van der Waals surface area contributed by atoms with Crippen LogP contribution in [0.15, 0.2) is 42.5 Å². The highest BCUT2D eigenvalue weighted by atomic mass is 35.5. The van der Waals surface area contributed by atoms with Crippen LogP contribution in [0, 0.1) is 5.82 Å². The van der Waals surface area contributed by atoms with Gasteiger partial charge in [0.15, 0.2) is 23.0 Å². The number of piperidine rings is 1. The molecule has 0 bridgehead atoms. The highest BCUT2D eigenvalue weighted by Gasteiger charge is 2.43. The first-order valence-corrected chi connectivity index (χ1v) is 16.7. The topological polar surface area (TPSA) is 116 Å². The number of nitrogens with one attached hydrogen (secondary N) is 1. The second-order valence-corrected chi connectivity index (χ2v) is 13.6. The molecule has 2 aromatic carbocycles. The van der Waals surface area contributed by atoms with Crippen molar-refractivity contribution in [1.29, 1.82) is 0 Å². The fourth-order valence-electron chi connectivity index (χ4n) is 7.00. The summed E-state index contributed by atoms with van der Waals surface area (Å²) in [5, 5.41) is 18.1. The number of hydrogen-bond acceptors (Lipinski definition) is 9. The third kappa shape index (κ3) is 5.32. The lowest BCUT2D eigenvalue weighted by Crippen LogP contribution is -2.35. The van der Waals surface area contributed by atoms with Gasteiger partial charge in [0.1, 0.15) is 28.7 Å². The fourth-order valence-corrected chi connectivity index (χ4v) is 7.16. The van der Waals surface area contributed by atoms with Gasteiger partial charge in [0.25, 0.3) is 5.79 Å². The van der Waals surface area contributed by atoms with E-state index in [1.807, 2.05) is 18.2 Å². The number of imidazole rings is 1. The molecule has 2 atom stereocenters. The zero-order valence-corrected chi connectivity index (χ0v) is 26.7. The SMILES string of the molecule is C[C@]1(c2ccc(Cl)cc2F)Oc2cccc(C3CCN(Cc4nc5cc(-c6nnc(C7CC7)[nH]6)nnc5n4C[C@@H]4CCO4)CC3)c2O1. The molecule has 0 amide bonds. The van der Waals surface area contributed by atoms with E-state index in [0.717, 1.165) is 80.2 Å². The summed E-state index contributed by atoms with van der Waals surface area (Å²) in [6, 6.07) is 12.5. The minimum atomic E-state index is -1.27. The number of rotatable bonds is 8. The zero-order valence-electron chi connectivity index (χ0n) is 26.0. The molecule has 0 spiro atoms. The Hall–Kier alpha value is -4.13. The minimum Gasteiger partial charge on any atom is -0.444 e. The van der Waals surface area contributed by atoms with E-state index in [1.54, 1.807) is 19.1 Å². The predicted octanol–water partition coefficient (Wildman–Crippen LogP) is 6.09. The summed E-state index contributed by atoms with van der Waals surface area (Å²) in [7, 11) is 0. The summed E-state index contributed by atoms with van der Waals surface area (Å²) in [4.78, 5) is 10.8. The molecule has 3 aliphatic heterocycles. The Morgan fingerprint density at radius 3 is 2.60 bits per heavy atom. The summed E-state index contributed by atoms with van der Waals surface area (Å²) in [5.41, 5.74) is 3.60. The van der Waals surface area contributed by atoms with Crippen molar-refractivity contribution < 1.29 is 18.6 Å². The molecule has 1 N–H and O–H groups in total. The van der Waals surface area contributed by atoms with Gasteiger partial charge >= 0.3 is 0 Å². The average Bonchev–Trinajstić information content (AvgIpc) is 3.50. The monoisotopic (exact) mass is 656 g/mol. The number of para-hydroxylation sites is 1. The van der Waals surface area contributed by atoms with Crippen LogP contribution < -0.4 is 9.47 Å². The van der Waals surface area contributed by atoms with Crippen LogP contribution in [0.25, 0.3) is 22.7 Å². The van der Waals surface area contributed by atoms with Crippen LogP contribution in [0.4, 0.5) is 4.39 Å². The number of hydrogen-bond donors (Lipinski definition) is 1. The maximum absolute atomic E-state index is 14.9. The van der Waals surface area contributed by atoms with Crippen molar-refractivity contribution in [2.45, 2.75) is 75.8 Å². The van der Waals surface area contributed by atoms with Crippen molar-refractivity contribution in [2.24, 2.45) is 0 Å². The highest BCUT2D eigenvalue weighted by molar-refractivity contribution is 6.30. The van der Waals surface area contributed by atoms with Gasteiger partial charge in [-0.15, -0.1) is 20.4 Å². The number of likely N-dealkylation sites (tertiary alicyclic amines) is 1. The van der Waals surface area contributed by atoms with Crippen LogP contribution in [-0.4, -0.2) is 65.6 Å². The van der Waals surface area contributed by atoms with Crippen LogP contribution in [0.1, 0.15) is 73.6 Å². The van der Waals surface area contributed by atoms with Gasteiger partial charge in [-0.25, -0.2) is 9.37 Å². The normalized spacial score (nSPS) is 23.0. The van der Waals surface area contributed by atoms with E-state index < -0.39 is 11.6 Å². The Labute approximate surface area is 275 Å². The number of ether oxygens (including phenoxy) is 3. The average molecular weight is 657 g/mol. The van der Waals surface area contributed by atoms with E-state index in [2.05, 4.69) is 40.9 Å². The zero-order chi connectivity index (χ0) is 31.7. The second kappa shape index (κ2) is 11.2. The van der Waals surface area contributed by atoms with Crippen molar-refractivity contribution in [3.63, 3.8) is 0 Å². The van der Waals surface area contributed by atoms with E-state index in [0.29, 0.717) is 52.6 Å². The van der Waals surface area contributed by atoms with Gasteiger partial charge in [-0.3, -0.25) is 4.90 Å². The van der Waals surface area contributed by atoms with E-state index in [-0.39, 0.29) is 12.0 Å². The molecular weight excluding hydrogens is 623 g/mol. The summed E-state index contributed by atoms with van der Waals surface area (Å²) >= 11 is 6.00. The lowest BCUT2D eigenvalue weighted by Gasteiger charge is -2.33. The van der Waals surface area contributed by atoms with Crippen LogP contribution in [0.2, 0.25) is 5.02 Å². The molecule has 0 unspecified atom stereocenters. The summed E-state index contributed by atoms with van der Waals surface area (Å²) in [5.74, 6) is 2.85. The Morgan fingerprint density at radius 2 is 1.83 bits per heavy atom. The molecular formula is C34H34ClFN8O3. The van der Waals surface area contributed by atoms with Crippen molar-refractivity contribution in [3.8, 4) is 23.0 Å². The molecule has 6 heterocycles. The third-order valence-corrected chi connectivity index (χ3v) is 10.1. The largest absolute Gasteiger partial charge is 0.444 e. The van der Waals surface area contributed by atoms with Gasteiger partial charge in [-0.2, -0.15) is 0 Å². The van der Waals surface area contributed by atoms with Gasteiger partial charge in [-0.1, -0.05) is 23.7 Å². The van der Waals surface area contributed by atoms with Gasteiger partial charge in [0.2, 0.25) is 0 Å². The van der Waals surface area contributed by atoms with Gasteiger partial charge in [0, 0.05) is 30.0 Å². The number of halogens is 2. The van der Waals surface area contributed by atoms with Gasteiger partial charge in [-0.05, 0) is 81.4 Å². The van der Waals surface area contributed by atoms with Crippen molar-refractivity contribution in [2.75, 3.05) is 19.7 Å². The van der Waals surface area contributed by atoms with Crippen molar-refractivity contribution >= 4 is 22.8 Å². The van der Waals surface area contributed by atoms with Crippen LogP contribution in [0.5, 0.6) is 11.5 Å². The molecule has 9 rings (SSSR count). The fraction of sp³-hybridized carbons (Fsp3) is 0.441. The molecule has 1 saturated carbocycles. The number of benzene rings is 2. The first-order chi connectivity index (χ1) is 22.9. The molecule has 3 fully saturated rings. The summed E-state index contributed by atoms with van der Waals surface area (Å²) in [6.07, 6.45) is 5.35. The maximum atomic E-state index is 14.9. The van der Waals surface area contributed by atoms with Gasteiger partial charge < -0.3 is 23.8 Å². The Balaban J connectivity index is 0.926. The molecule has 242 valence electrons. The van der Waals surface area contributed by atoms with E-state index in [9.17, 15) is 4.39 Å². The highest BCUT2D eigenvalue weighted by Crippen LogP contribution is 2.50. The molecule has 3 aromatic heterocycles. The van der Waals surface area contributed by atoms with E-state index in [1.165, 1.54) is 6.07 Å². The van der Waals surface area contributed by atoms with Crippen molar-refractivity contribution in [1.82, 2.24) is 39.8 Å². The molecule has 47 heavy (non-hydrogen) atoms. The maximum Gasteiger partial charge on any atom is 0.278 e. The lowest BCUT2D eigenvalue weighted by molar-refractivity contribution is -0.0712. The molecule has 11 nitrogen and oxygen atoms in total. The Bertz CT molecular complexity index is 1980. The minimum absolute atomic E-state index is 0.156. The van der Waals surface area contributed by atoms with Crippen LogP contribution >= 0.6 is 11.6 Å². The predicted molar refractivity (Wildman–Crippen MR) is 171 cm³/mol. The number of fused-ring (bicyclic) bond motifs is 2. The summed E-state index contributed by atoms with van der Waals surface area (Å²) < 4.78 is 35.5. The standard InChI is InChI=1S/C34H34ClFN8O3/c1-34(24-8-7-21(35)15-25(24)36)46-28-4-2-3-23(30(28)47-34)19-9-12-43(13-10-19)18-29-37-27-16-26(32-38-31(40-41-32)20-5-6-20)39-42-33(27)44(29)17-22-11-14-45-22/h2-4,7-8,15-16,19-20,22H,5-6,9-14,17-18H2,1H3,(H,38,40,41)/t22-,34-/m0/s1. The molecule has 13 heteroatoms. The molecule has 2 saturated heterocycles. The lowest BCUT2D eigenvalue weighted by atomic mass is 9.88. The first-order valence-electron chi connectivity index (χ1n) is 16.4. The summed E-state index contributed by atoms with van der Waals surface area (Å²) in [6.45, 7) is 5.71. The quantitative estimate of drug-likeness (QED) is 0.212. The van der Waals surface area contributed by atoms with Crippen LogP contribution in [0.3, 0.4) is 0 Å². The van der Waals surface area contributed by atoms with E-state index in [4.69, 9.17) is 30.8 Å². The Kier molecular flexibility index (Phi) is 6.95. The molecule has 4 aliphatic rings. The van der Waals surface area contributed by atoms with Crippen LogP contribution in [-0.2, 0) is 23.6 Å². The number of nitrogens with zero attached hydrogens (tertiary/aromatic N) is 7. The second-order valence-electron chi connectivity index (χ2n) is 13.2. The smallest absolute Gasteiger partial charge is 0.278 e. The number of aromatic amines is 1. The van der Waals surface area contributed by atoms with Gasteiger partial charge in [0.05, 0.1) is 24.8 Å². The Morgan fingerprint density at radius 1 is 0.979 bits per heavy atom. The van der Waals surface area contributed by atoms with Crippen molar-refractivity contribution in [3.05, 3.63) is 76.1 Å². The number of aromatic nitrogens is 7.